The first-order chi connectivity index (χ1) is 9.02. The minimum atomic E-state index is 0.169. The van der Waals surface area contributed by atoms with Crippen molar-refractivity contribution in [3.8, 4) is 0 Å². The van der Waals surface area contributed by atoms with Crippen LogP contribution in [0.1, 0.15) is 17.5 Å². The highest BCUT2D eigenvalue weighted by Gasteiger charge is 2.30. The van der Waals surface area contributed by atoms with Crippen molar-refractivity contribution >= 4 is 11.6 Å². The van der Waals surface area contributed by atoms with Crippen LogP contribution >= 0.6 is 0 Å². The number of rotatable bonds is 3. The van der Waals surface area contributed by atoms with Crippen LogP contribution in [0.25, 0.3) is 0 Å². The summed E-state index contributed by atoms with van der Waals surface area (Å²) in [4.78, 5) is 16.3. The molecule has 4 heteroatoms. The molecule has 1 atom stereocenters. The molecule has 1 fully saturated rings. The van der Waals surface area contributed by atoms with Gasteiger partial charge in [-0.25, -0.2) is 0 Å². The summed E-state index contributed by atoms with van der Waals surface area (Å²) in [5.41, 5.74) is 9.07. The van der Waals surface area contributed by atoms with Gasteiger partial charge in [-0.1, -0.05) is 17.7 Å². The Morgan fingerprint density at radius 1 is 1.37 bits per heavy atom. The van der Waals surface area contributed by atoms with Gasteiger partial charge in [0, 0.05) is 18.3 Å². The maximum Gasteiger partial charge on any atom is 0.241 e. The third-order valence-electron chi connectivity index (χ3n) is 3.85. The Hall–Kier alpha value is -1.39. The number of aryl methyl sites for hydroxylation is 2. The molecular weight excluding hydrogens is 238 g/mol. The Bertz CT molecular complexity index is 472. The van der Waals surface area contributed by atoms with E-state index in [0.717, 1.165) is 24.2 Å². The molecule has 0 aromatic heterocycles. The molecule has 1 aliphatic rings. The summed E-state index contributed by atoms with van der Waals surface area (Å²) in [5.74, 6) is 0.169. The van der Waals surface area contributed by atoms with Crippen LogP contribution in [-0.2, 0) is 4.79 Å². The predicted octanol–water partition coefficient (Wildman–Crippen LogP) is 1.30. The average molecular weight is 261 g/mol. The zero-order valence-corrected chi connectivity index (χ0v) is 12.0. The van der Waals surface area contributed by atoms with E-state index in [1.807, 2.05) is 18.0 Å². The fourth-order valence-electron chi connectivity index (χ4n) is 2.72. The monoisotopic (exact) mass is 261 g/mol. The molecule has 104 valence electrons. The van der Waals surface area contributed by atoms with Crippen molar-refractivity contribution in [1.29, 1.82) is 0 Å². The zero-order chi connectivity index (χ0) is 14.0. The van der Waals surface area contributed by atoms with Crippen molar-refractivity contribution in [3.05, 3.63) is 29.3 Å². The molecule has 0 saturated carbocycles. The molecule has 2 N–H and O–H groups in total. The number of anilines is 1. The maximum atomic E-state index is 12.2. The van der Waals surface area contributed by atoms with Crippen LogP contribution in [0.3, 0.4) is 0 Å². The number of piperazine rings is 1. The van der Waals surface area contributed by atoms with Crippen molar-refractivity contribution in [2.24, 2.45) is 5.73 Å². The fourth-order valence-corrected chi connectivity index (χ4v) is 2.72. The lowest BCUT2D eigenvalue weighted by atomic mass is 10.1. The van der Waals surface area contributed by atoms with E-state index in [1.54, 1.807) is 0 Å². The van der Waals surface area contributed by atoms with Gasteiger partial charge in [-0.3, -0.25) is 9.69 Å². The van der Waals surface area contributed by atoms with Crippen molar-refractivity contribution in [3.63, 3.8) is 0 Å². The molecule has 0 bridgehead atoms. The van der Waals surface area contributed by atoms with E-state index in [0.29, 0.717) is 19.1 Å². The van der Waals surface area contributed by atoms with Gasteiger partial charge in [0.05, 0.1) is 6.54 Å². The first-order valence-electron chi connectivity index (χ1n) is 6.81. The normalized spacial score (nSPS) is 20.9. The third kappa shape index (κ3) is 2.96. The third-order valence-corrected chi connectivity index (χ3v) is 3.85. The molecule has 1 saturated heterocycles. The molecule has 1 heterocycles. The summed E-state index contributed by atoms with van der Waals surface area (Å²) in [7, 11) is 2.00. The molecule has 1 aromatic carbocycles. The highest BCUT2D eigenvalue weighted by Crippen LogP contribution is 2.25. The second kappa shape index (κ2) is 5.72. The van der Waals surface area contributed by atoms with E-state index in [4.69, 9.17) is 5.73 Å². The number of hydrogen-bond donors (Lipinski definition) is 1. The first kappa shape index (κ1) is 14.0. The number of nitrogens with zero attached hydrogens (tertiary/aromatic N) is 2. The average Bonchev–Trinajstić information content (AvgIpc) is 2.34. The van der Waals surface area contributed by atoms with Gasteiger partial charge in [-0.2, -0.15) is 0 Å². The number of nitrogens with two attached hydrogens (primary N) is 1. The molecule has 1 aromatic rings. The van der Waals surface area contributed by atoms with Crippen molar-refractivity contribution in [1.82, 2.24) is 4.90 Å². The fraction of sp³-hybridized carbons (Fsp3) is 0.533. The summed E-state index contributed by atoms with van der Waals surface area (Å²) >= 11 is 0. The van der Waals surface area contributed by atoms with Crippen LogP contribution in [0.5, 0.6) is 0 Å². The van der Waals surface area contributed by atoms with E-state index >= 15 is 0 Å². The Labute approximate surface area is 115 Å². The van der Waals surface area contributed by atoms with Gasteiger partial charge in [0.15, 0.2) is 0 Å². The van der Waals surface area contributed by atoms with Gasteiger partial charge in [0.25, 0.3) is 0 Å². The summed E-state index contributed by atoms with van der Waals surface area (Å²) in [5, 5.41) is 0. The van der Waals surface area contributed by atoms with Crippen LogP contribution in [-0.4, -0.2) is 43.5 Å². The Morgan fingerprint density at radius 3 is 2.74 bits per heavy atom. The second-order valence-corrected chi connectivity index (χ2v) is 5.44. The number of benzene rings is 1. The Kier molecular flexibility index (Phi) is 4.22. The summed E-state index contributed by atoms with van der Waals surface area (Å²) in [6.45, 7) is 5.99. The maximum absolute atomic E-state index is 12.2. The largest absolute Gasteiger partial charge is 0.330 e. The Balaban J connectivity index is 2.25. The topological polar surface area (TPSA) is 49.6 Å². The predicted molar refractivity (Wildman–Crippen MR) is 78.4 cm³/mol. The van der Waals surface area contributed by atoms with Gasteiger partial charge < -0.3 is 10.6 Å². The van der Waals surface area contributed by atoms with Gasteiger partial charge >= 0.3 is 0 Å². The molecule has 1 aliphatic heterocycles. The van der Waals surface area contributed by atoms with E-state index in [1.165, 1.54) is 5.56 Å². The van der Waals surface area contributed by atoms with E-state index in [2.05, 4.69) is 30.9 Å². The van der Waals surface area contributed by atoms with Gasteiger partial charge in [-0.05, 0) is 45.5 Å². The van der Waals surface area contributed by atoms with Crippen molar-refractivity contribution in [2.45, 2.75) is 26.3 Å². The lowest BCUT2D eigenvalue weighted by Gasteiger charge is -2.39. The molecule has 1 unspecified atom stereocenters. The molecule has 0 radical (unpaired) electrons. The lowest BCUT2D eigenvalue weighted by Crippen LogP contribution is -2.55. The molecule has 4 nitrogen and oxygen atoms in total. The second-order valence-electron chi connectivity index (χ2n) is 5.44. The Morgan fingerprint density at radius 2 is 2.11 bits per heavy atom. The number of amides is 1. The first-order valence-corrected chi connectivity index (χ1v) is 6.81. The highest BCUT2D eigenvalue weighted by molar-refractivity contribution is 5.96. The van der Waals surface area contributed by atoms with Crippen molar-refractivity contribution < 1.29 is 4.79 Å². The van der Waals surface area contributed by atoms with Crippen molar-refractivity contribution in [2.75, 3.05) is 31.6 Å². The van der Waals surface area contributed by atoms with Gasteiger partial charge in [0.1, 0.15) is 0 Å². The molecule has 0 aliphatic carbocycles. The standard InChI is InChI=1S/C15H23N3O/c1-11-4-5-14(12(2)8-11)18-9-13(6-7-16)17(3)10-15(18)19/h4-5,8,13H,6-7,9-10,16H2,1-3H3. The minimum absolute atomic E-state index is 0.169. The van der Waals surface area contributed by atoms with E-state index in [9.17, 15) is 4.79 Å². The molecule has 2 rings (SSSR count). The molecule has 0 spiro atoms. The highest BCUT2D eigenvalue weighted by atomic mass is 16.2. The lowest BCUT2D eigenvalue weighted by molar-refractivity contribution is -0.122. The molecule has 19 heavy (non-hydrogen) atoms. The van der Waals surface area contributed by atoms with Crippen LogP contribution in [0.2, 0.25) is 0 Å². The van der Waals surface area contributed by atoms with E-state index < -0.39 is 0 Å². The number of hydrogen-bond acceptors (Lipinski definition) is 3. The number of carbonyl (C=O) groups excluding carboxylic acids is 1. The van der Waals surface area contributed by atoms with E-state index in [-0.39, 0.29) is 5.91 Å². The SMILES string of the molecule is Cc1ccc(N2CC(CCN)N(C)CC2=O)c(C)c1. The summed E-state index contributed by atoms with van der Waals surface area (Å²) in [6, 6.07) is 6.58. The smallest absolute Gasteiger partial charge is 0.241 e. The quantitative estimate of drug-likeness (QED) is 0.892. The van der Waals surface area contributed by atoms with Crippen LogP contribution in [0.15, 0.2) is 18.2 Å². The minimum Gasteiger partial charge on any atom is -0.330 e. The summed E-state index contributed by atoms with van der Waals surface area (Å²) < 4.78 is 0. The molecule has 1 amide bonds. The van der Waals surface area contributed by atoms with Crippen LogP contribution < -0.4 is 10.6 Å². The molecular formula is C15H23N3O. The number of carbonyl (C=O) groups is 1. The van der Waals surface area contributed by atoms with Gasteiger partial charge in [0.2, 0.25) is 5.91 Å². The van der Waals surface area contributed by atoms with Crippen LogP contribution in [0, 0.1) is 13.8 Å². The van der Waals surface area contributed by atoms with Crippen LogP contribution in [0.4, 0.5) is 5.69 Å². The summed E-state index contributed by atoms with van der Waals surface area (Å²) in [6.07, 6.45) is 0.922. The number of likely N-dealkylation sites (N-methyl/N-ethyl adjacent to an activating group) is 1. The van der Waals surface area contributed by atoms with Gasteiger partial charge in [-0.15, -0.1) is 0 Å². The zero-order valence-electron chi connectivity index (χ0n) is 12.0.